The zero-order chi connectivity index (χ0) is 23.8. The Kier molecular flexibility index (Phi) is 6.90. The minimum atomic E-state index is -3.69. The van der Waals surface area contributed by atoms with Gasteiger partial charge in [0.2, 0.25) is 10.0 Å². The van der Waals surface area contributed by atoms with E-state index < -0.39 is 21.8 Å². The zero-order valence-corrected chi connectivity index (χ0v) is 20.4. The standard InChI is InChI=1S/C23H29N3O5S2/c1-14-12-26(13-15(2)31-14)33(29,30)17-10-8-16(9-11-17)22(28)25-23-20(21(24)27)18-6-4-3-5-7-19(18)32-23/h8-11,14-15H,3-7,12-13H2,1-2H3,(H2,24,27)(H,25,28)/t14-,15+. The van der Waals surface area contributed by atoms with E-state index in [1.807, 2.05) is 13.8 Å². The molecular formula is C23H29N3O5S2. The van der Waals surface area contributed by atoms with Gasteiger partial charge in [-0.1, -0.05) is 6.42 Å². The average molecular weight is 492 g/mol. The quantitative estimate of drug-likeness (QED) is 0.623. The summed E-state index contributed by atoms with van der Waals surface area (Å²) in [4.78, 5) is 26.2. The van der Waals surface area contributed by atoms with Gasteiger partial charge in [-0.3, -0.25) is 9.59 Å². The Morgan fingerprint density at radius 2 is 1.70 bits per heavy atom. The van der Waals surface area contributed by atoms with E-state index in [0.29, 0.717) is 16.1 Å². The first-order valence-corrected chi connectivity index (χ1v) is 13.4. The molecule has 8 nitrogen and oxygen atoms in total. The number of fused-ring (bicyclic) bond motifs is 1. The van der Waals surface area contributed by atoms with E-state index in [1.165, 1.54) is 39.9 Å². The number of hydrogen-bond acceptors (Lipinski definition) is 6. The molecule has 0 unspecified atom stereocenters. The van der Waals surface area contributed by atoms with Crippen LogP contribution in [0.1, 0.15) is 64.3 Å². The number of thiophene rings is 1. The molecule has 4 rings (SSSR count). The Hall–Kier alpha value is -2.27. The summed E-state index contributed by atoms with van der Waals surface area (Å²) in [6.45, 7) is 4.26. The molecule has 1 fully saturated rings. The summed E-state index contributed by atoms with van der Waals surface area (Å²) in [6.07, 6.45) is 4.44. The normalized spacial score (nSPS) is 21.8. The molecule has 178 valence electrons. The number of amides is 2. The number of hydrogen-bond donors (Lipinski definition) is 2. The molecular weight excluding hydrogens is 462 g/mol. The number of primary amides is 1. The zero-order valence-electron chi connectivity index (χ0n) is 18.8. The first-order chi connectivity index (χ1) is 15.7. The molecule has 33 heavy (non-hydrogen) atoms. The molecule has 1 saturated heterocycles. The number of carbonyl (C=O) groups is 2. The molecule has 1 aromatic carbocycles. The van der Waals surface area contributed by atoms with Crippen molar-refractivity contribution in [2.45, 2.75) is 63.1 Å². The summed E-state index contributed by atoms with van der Waals surface area (Å²) in [5, 5.41) is 3.29. The Morgan fingerprint density at radius 1 is 1.06 bits per heavy atom. The van der Waals surface area contributed by atoms with Crippen molar-refractivity contribution in [3.05, 3.63) is 45.8 Å². The van der Waals surface area contributed by atoms with Crippen molar-refractivity contribution in [2.75, 3.05) is 18.4 Å². The van der Waals surface area contributed by atoms with Crippen LogP contribution in [-0.4, -0.2) is 49.8 Å². The van der Waals surface area contributed by atoms with Gasteiger partial charge in [0.05, 0.1) is 22.7 Å². The first kappa shape index (κ1) is 23.9. The second kappa shape index (κ2) is 9.54. The third kappa shape index (κ3) is 4.98. The number of sulfonamides is 1. The monoisotopic (exact) mass is 491 g/mol. The highest BCUT2D eigenvalue weighted by atomic mass is 32.2. The van der Waals surface area contributed by atoms with Gasteiger partial charge in [-0.15, -0.1) is 11.3 Å². The molecule has 0 bridgehead atoms. The van der Waals surface area contributed by atoms with Gasteiger partial charge in [-0.25, -0.2) is 8.42 Å². The van der Waals surface area contributed by atoms with E-state index in [2.05, 4.69) is 5.32 Å². The summed E-state index contributed by atoms with van der Waals surface area (Å²) in [5.41, 5.74) is 7.30. The maximum Gasteiger partial charge on any atom is 0.256 e. The molecule has 0 saturated carbocycles. The number of aryl methyl sites for hydroxylation is 1. The van der Waals surface area contributed by atoms with Crippen LogP contribution >= 0.6 is 11.3 Å². The maximum atomic E-state index is 13.0. The van der Waals surface area contributed by atoms with E-state index in [9.17, 15) is 18.0 Å². The van der Waals surface area contributed by atoms with Gasteiger partial charge in [0, 0.05) is 23.5 Å². The highest BCUT2D eigenvalue weighted by molar-refractivity contribution is 7.89. The molecule has 1 aliphatic carbocycles. The maximum absolute atomic E-state index is 13.0. The van der Waals surface area contributed by atoms with Crippen molar-refractivity contribution in [2.24, 2.45) is 5.73 Å². The number of nitrogens with two attached hydrogens (primary N) is 1. The molecule has 2 heterocycles. The van der Waals surface area contributed by atoms with E-state index in [1.54, 1.807) is 0 Å². The van der Waals surface area contributed by atoms with Crippen molar-refractivity contribution in [1.29, 1.82) is 0 Å². The van der Waals surface area contributed by atoms with Crippen LogP contribution in [0, 0.1) is 0 Å². The Morgan fingerprint density at radius 3 is 2.33 bits per heavy atom. The predicted octanol–water partition coefficient (Wildman–Crippen LogP) is 3.17. The smallest absolute Gasteiger partial charge is 0.256 e. The van der Waals surface area contributed by atoms with Crippen molar-refractivity contribution >= 4 is 38.2 Å². The lowest BCUT2D eigenvalue weighted by molar-refractivity contribution is -0.0440. The van der Waals surface area contributed by atoms with Crippen molar-refractivity contribution in [3.63, 3.8) is 0 Å². The number of rotatable bonds is 5. The molecule has 10 heteroatoms. The Bertz CT molecular complexity index is 1150. The van der Waals surface area contributed by atoms with Crippen LogP contribution < -0.4 is 11.1 Å². The van der Waals surface area contributed by atoms with Crippen LogP contribution in [0.2, 0.25) is 0 Å². The second-order valence-corrected chi connectivity index (χ2v) is 11.7. The van der Waals surface area contributed by atoms with Crippen molar-refractivity contribution < 1.29 is 22.7 Å². The van der Waals surface area contributed by atoms with Crippen LogP contribution in [-0.2, 0) is 27.6 Å². The van der Waals surface area contributed by atoms with Gasteiger partial charge in [-0.2, -0.15) is 4.31 Å². The first-order valence-electron chi connectivity index (χ1n) is 11.2. The third-order valence-electron chi connectivity index (χ3n) is 6.04. The molecule has 2 aliphatic rings. The largest absolute Gasteiger partial charge is 0.373 e. The molecule has 2 aromatic rings. The van der Waals surface area contributed by atoms with Crippen LogP contribution in [0.15, 0.2) is 29.2 Å². The highest BCUT2D eigenvalue weighted by Crippen LogP contribution is 2.37. The van der Waals surface area contributed by atoms with Gasteiger partial charge in [0.1, 0.15) is 5.00 Å². The summed E-state index contributed by atoms with van der Waals surface area (Å²) < 4.78 is 33.1. The summed E-state index contributed by atoms with van der Waals surface area (Å²) >= 11 is 1.41. The molecule has 3 N–H and O–H groups in total. The summed E-state index contributed by atoms with van der Waals surface area (Å²) in [7, 11) is -3.69. The van der Waals surface area contributed by atoms with Crippen LogP contribution in [0.25, 0.3) is 0 Å². The average Bonchev–Trinajstić information content (AvgIpc) is 2.94. The lowest BCUT2D eigenvalue weighted by Crippen LogP contribution is -2.48. The second-order valence-electron chi connectivity index (χ2n) is 8.69. The fourth-order valence-electron chi connectivity index (χ4n) is 4.52. The highest BCUT2D eigenvalue weighted by Gasteiger charge is 2.32. The number of nitrogens with zero attached hydrogens (tertiary/aromatic N) is 1. The van der Waals surface area contributed by atoms with Gasteiger partial charge in [0.25, 0.3) is 11.8 Å². The number of nitrogens with one attached hydrogen (secondary N) is 1. The number of benzene rings is 1. The third-order valence-corrected chi connectivity index (χ3v) is 9.09. The minimum absolute atomic E-state index is 0.126. The topological polar surface area (TPSA) is 119 Å². The Balaban J connectivity index is 1.53. The van der Waals surface area contributed by atoms with Gasteiger partial charge in [0.15, 0.2) is 0 Å². The number of carbonyl (C=O) groups excluding carboxylic acids is 2. The molecule has 2 amide bonds. The van der Waals surface area contributed by atoms with Gasteiger partial charge in [-0.05, 0) is 69.4 Å². The van der Waals surface area contributed by atoms with Gasteiger partial charge < -0.3 is 15.8 Å². The molecule has 1 aliphatic heterocycles. The lowest BCUT2D eigenvalue weighted by atomic mass is 10.1. The van der Waals surface area contributed by atoms with Gasteiger partial charge >= 0.3 is 0 Å². The molecule has 0 radical (unpaired) electrons. The van der Waals surface area contributed by atoms with Crippen LogP contribution in [0.4, 0.5) is 5.00 Å². The predicted molar refractivity (Wildman–Crippen MR) is 127 cm³/mol. The van der Waals surface area contributed by atoms with Crippen LogP contribution in [0.3, 0.4) is 0 Å². The van der Waals surface area contributed by atoms with Crippen molar-refractivity contribution in [1.82, 2.24) is 4.31 Å². The number of anilines is 1. The fourth-order valence-corrected chi connectivity index (χ4v) is 7.40. The molecule has 0 spiro atoms. The lowest BCUT2D eigenvalue weighted by Gasteiger charge is -2.34. The number of ether oxygens (including phenoxy) is 1. The van der Waals surface area contributed by atoms with E-state index >= 15 is 0 Å². The fraction of sp³-hybridized carbons (Fsp3) is 0.478. The SMILES string of the molecule is C[C@@H]1CN(S(=O)(=O)c2ccc(C(=O)Nc3sc4c(c3C(N)=O)CCCCC4)cc2)C[C@H](C)O1. The minimum Gasteiger partial charge on any atom is -0.373 e. The van der Waals surface area contributed by atoms with E-state index in [0.717, 1.165) is 42.5 Å². The summed E-state index contributed by atoms with van der Waals surface area (Å²) in [6, 6.07) is 5.84. The number of morpholine rings is 1. The Labute approximate surface area is 198 Å². The molecule has 2 atom stereocenters. The van der Waals surface area contributed by atoms with Crippen molar-refractivity contribution in [3.8, 4) is 0 Å². The summed E-state index contributed by atoms with van der Waals surface area (Å²) in [5.74, 6) is -0.952. The van der Waals surface area contributed by atoms with E-state index in [-0.39, 0.29) is 30.2 Å². The molecule has 1 aromatic heterocycles. The van der Waals surface area contributed by atoms with E-state index in [4.69, 9.17) is 10.5 Å². The van der Waals surface area contributed by atoms with Crippen LogP contribution in [0.5, 0.6) is 0 Å².